The number of piperazine rings is 1. The van der Waals surface area contributed by atoms with Gasteiger partial charge in [-0.15, -0.1) is 0 Å². The number of carbonyl (C=O) groups excluding carboxylic acids is 2. The molecule has 8 nitrogen and oxygen atoms in total. The van der Waals surface area contributed by atoms with Gasteiger partial charge in [-0.1, -0.05) is 6.07 Å². The summed E-state index contributed by atoms with van der Waals surface area (Å²) in [6, 6.07) is 8.61. The van der Waals surface area contributed by atoms with Crippen molar-refractivity contribution >= 4 is 17.6 Å². The average molecular weight is 453 g/mol. The summed E-state index contributed by atoms with van der Waals surface area (Å²) in [6.45, 7) is 8.23. The van der Waals surface area contributed by atoms with Crippen LogP contribution in [0.15, 0.2) is 36.7 Å². The van der Waals surface area contributed by atoms with Crippen LogP contribution in [0.1, 0.15) is 42.6 Å². The molecule has 2 aliphatic heterocycles. The van der Waals surface area contributed by atoms with Crippen LogP contribution in [0.4, 0.5) is 10.5 Å². The van der Waals surface area contributed by atoms with Crippen molar-refractivity contribution in [2.45, 2.75) is 39.3 Å². The Morgan fingerprint density at radius 2 is 1.88 bits per heavy atom. The first-order valence-electron chi connectivity index (χ1n) is 11.5. The predicted octanol–water partition coefficient (Wildman–Crippen LogP) is 3.60. The summed E-state index contributed by atoms with van der Waals surface area (Å²) in [6.07, 6.45) is 4.95. The Hall–Kier alpha value is -3.13. The number of Topliss-reactive ketones (excluding diaryl/α,β-unsaturated/α-hetero) is 1. The zero-order chi connectivity index (χ0) is 23.4. The van der Waals surface area contributed by atoms with Gasteiger partial charge in [0.2, 0.25) is 0 Å². The van der Waals surface area contributed by atoms with Crippen molar-refractivity contribution in [3.05, 3.63) is 47.8 Å². The highest BCUT2D eigenvalue weighted by atomic mass is 16.6. The molecule has 176 valence electrons. The highest BCUT2D eigenvalue weighted by Gasteiger charge is 2.25. The van der Waals surface area contributed by atoms with Crippen LogP contribution in [0.3, 0.4) is 0 Å². The molecule has 0 radical (unpaired) electrons. The van der Waals surface area contributed by atoms with Crippen molar-refractivity contribution in [3.8, 4) is 11.5 Å². The predicted molar refractivity (Wildman–Crippen MR) is 126 cm³/mol. The van der Waals surface area contributed by atoms with E-state index in [1.54, 1.807) is 18.1 Å². The van der Waals surface area contributed by atoms with Gasteiger partial charge in [0.15, 0.2) is 11.5 Å². The van der Waals surface area contributed by atoms with Crippen molar-refractivity contribution < 1.29 is 19.1 Å². The molecule has 0 N–H and O–H groups in total. The standard InChI is InChI=1S/C25H32N4O4/c1-18-5-4-8-29(18)22-7-6-20(24(14-22)32-3)17-27-9-11-28(12-10-27)25(31)33-23-13-21(19(2)30)15-26-16-23/h6-7,13-16,18H,4-5,8-12,17H2,1-3H3. The third-order valence-electron chi connectivity index (χ3n) is 6.50. The van der Waals surface area contributed by atoms with E-state index in [0.29, 0.717) is 24.7 Å². The molecule has 1 atom stereocenters. The Balaban J connectivity index is 1.32. The molecule has 33 heavy (non-hydrogen) atoms. The Bertz CT molecular complexity index is 1000. The summed E-state index contributed by atoms with van der Waals surface area (Å²) in [5.74, 6) is 1.07. The zero-order valence-corrected chi connectivity index (χ0v) is 19.6. The fourth-order valence-electron chi connectivity index (χ4n) is 4.52. The number of benzene rings is 1. The van der Waals surface area contributed by atoms with Crippen LogP contribution in [0.2, 0.25) is 0 Å². The van der Waals surface area contributed by atoms with Crippen molar-refractivity contribution in [2.24, 2.45) is 0 Å². The molecule has 8 heteroatoms. The fraction of sp³-hybridized carbons (Fsp3) is 0.480. The molecule has 1 unspecified atom stereocenters. The lowest BCUT2D eigenvalue weighted by molar-refractivity contribution is 0.101. The van der Waals surface area contributed by atoms with Crippen molar-refractivity contribution in [1.29, 1.82) is 0 Å². The van der Waals surface area contributed by atoms with Crippen LogP contribution in [0, 0.1) is 0 Å². The van der Waals surface area contributed by atoms with Crippen LogP contribution in [0.25, 0.3) is 0 Å². The quantitative estimate of drug-likeness (QED) is 0.620. The van der Waals surface area contributed by atoms with Gasteiger partial charge in [-0.2, -0.15) is 0 Å². The zero-order valence-electron chi connectivity index (χ0n) is 19.6. The number of amides is 1. The number of rotatable bonds is 6. The van der Waals surface area contributed by atoms with Gasteiger partial charge in [-0.05, 0) is 38.8 Å². The molecule has 0 spiro atoms. The van der Waals surface area contributed by atoms with Gasteiger partial charge < -0.3 is 19.3 Å². The number of carbonyl (C=O) groups is 2. The second-order valence-electron chi connectivity index (χ2n) is 8.78. The van der Waals surface area contributed by atoms with Gasteiger partial charge in [0.1, 0.15) is 5.75 Å². The number of ether oxygens (including phenoxy) is 2. The number of anilines is 1. The second kappa shape index (κ2) is 10.2. The normalized spacial score (nSPS) is 18.9. The monoisotopic (exact) mass is 452 g/mol. The number of ketones is 1. The van der Waals surface area contributed by atoms with Crippen LogP contribution >= 0.6 is 0 Å². The maximum Gasteiger partial charge on any atom is 0.415 e. The van der Waals surface area contributed by atoms with E-state index in [-0.39, 0.29) is 11.5 Å². The molecule has 1 aromatic carbocycles. The van der Waals surface area contributed by atoms with E-state index in [0.717, 1.165) is 37.5 Å². The molecule has 2 aromatic rings. The molecule has 3 heterocycles. The summed E-state index contributed by atoms with van der Waals surface area (Å²) >= 11 is 0. The van der Waals surface area contributed by atoms with E-state index >= 15 is 0 Å². The number of pyridine rings is 1. The topological polar surface area (TPSA) is 75.2 Å². The Morgan fingerprint density at radius 1 is 1.09 bits per heavy atom. The Kier molecular flexibility index (Phi) is 7.13. The summed E-state index contributed by atoms with van der Waals surface area (Å²) in [7, 11) is 1.72. The summed E-state index contributed by atoms with van der Waals surface area (Å²) in [5, 5.41) is 0. The average Bonchev–Trinajstić information content (AvgIpc) is 3.25. The summed E-state index contributed by atoms with van der Waals surface area (Å²) in [5.41, 5.74) is 2.79. The molecule has 2 saturated heterocycles. The highest BCUT2D eigenvalue weighted by Crippen LogP contribution is 2.31. The molecule has 4 rings (SSSR count). The third kappa shape index (κ3) is 5.45. The number of aromatic nitrogens is 1. The van der Waals surface area contributed by atoms with Gasteiger partial charge in [-0.25, -0.2) is 4.79 Å². The Morgan fingerprint density at radius 3 is 2.55 bits per heavy atom. The third-order valence-corrected chi connectivity index (χ3v) is 6.50. The molecule has 1 amide bonds. The van der Waals surface area contributed by atoms with E-state index in [9.17, 15) is 9.59 Å². The molecule has 0 saturated carbocycles. The molecule has 0 aliphatic carbocycles. The SMILES string of the molecule is COc1cc(N2CCCC2C)ccc1CN1CCN(C(=O)Oc2cncc(C(C)=O)c2)CC1. The Labute approximate surface area is 195 Å². The minimum Gasteiger partial charge on any atom is -0.496 e. The van der Waals surface area contributed by atoms with E-state index in [4.69, 9.17) is 9.47 Å². The number of hydrogen-bond donors (Lipinski definition) is 0. The fourth-order valence-corrected chi connectivity index (χ4v) is 4.52. The number of hydrogen-bond acceptors (Lipinski definition) is 7. The van der Waals surface area contributed by atoms with E-state index in [2.05, 4.69) is 39.9 Å². The largest absolute Gasteiger partial charge is 0.496 e. The minimum atomic E-state index is -0.418. The lowest BCUT2D eigenvalue weighted by Gasteiger charge is -2.34. The van der Waals surface area contributed by atoms with Gasteiger partial charge >= 0.3 is 6.09 Å². The second-order valence-corrected chi connectivity index (χ2v) is 8.78. The smallest absolute Gasteiger partial charge is 0.415 e. The van der Waals surface area contributed by atoms with Gasteiger partial charge in [0.25, 0.3) is 0 Å². The lowest BCUT2D eigenvalue weighted by Crippen LogP contribution is -2.49. The first kappa shape index (κ1) is 23.0. The minimum absolute atomic E-state index is 0.118. The summed E-state index contributed by atoms with van der Waals surface area (Å²) in [4.78, 5) is 34.5. The number of methoxy groups -OCH3 is 1. The van der Waals surface area contributed by atoms with Crippen molar-refractivity contribution in [3.63, 3.8) is 0 Å². The lowest BCUT2D eigenvalue weighted by atomic mass is 10.1. The first-order chi connectivity index (χ1) is 15.9. The van der Waals surface area contributed by atoms with E-state index in [1.165, 1.54) is 37.8 Å². The van der Waals surface area contributed by atoms with E-state index < -0.39 is 6.09 Å². The molecule has 0 bridgehead atoms. The van der Waals surface area contributed by atoms with Gasteiger partial charge in [0, 0.05) is 74.4 Å². The van der Waals surface area contributed by atoms with Crippen molar-refractivity contribution in [2.75, 3.05) is 44.7 Å². The molecule has 2 fully saturated rings. The first-order valence-corrected chi connectivity index (χ1v) is 11.5. The number of nitrogens with zero attached hydrogens (tertiary/aromatic N) is 4. The molecular formula is C25H32N4O4. The van der Waals surface area contributed by atoms with Crippen molar-refractivity contribution in [1.82, 2.24) is 14.8 Å². The maximum absolute atomic E-state index is 12.6. The van der Waals surface area contributed by atoms with Crippen LogP contribution < -0.4 is 14.4 Å². The highest BCUT2D eigenvalue weighted by molar-refractivity contribution is 5.94. The molecule has 1 aromatic heterocycles. The maximum atomic E-state index is 12.6. The van der Waals surface area contributed by atoms with Crippen LogP contribution in [0.5, 0.6) is 11.5 Å². The van der Waals surface area contributed by atoms with Gasteiger partial charge in [-0.3, -0.25) is 14.7 Å². The van der Waals surface area contributed by atoms with Gasteiger partial charge in [0.05, 0.1) is 13.3 Å². The van der Waals surface area contributed by atoms with Crippen LogP contribution in [-0.2, 0) is 6.54 Å². The summed E-state index contributed by atoms with van der Waals surface area (Å²) < 4.78 is 11.1. The van der Waals surface area contributed by atoms with Crippen LogP contribution in [-0.4, -0.2) is 72.5 Å². The van der Waals surface area contributed by atoms with E-state index in [1.807, 2.05) is 0 Å². The molecule has 2 aliphatic rings. The molecular weight excluding hydrogens is 420 g/mol.